The highest BCUT2D eigenvalue weighted by Crippen LogP contribution is 2.37. The Kier molecular flexibility index (Phi) is 2.47. The first kappa shape index (κ1) is 9.00. The standard InChI is InChI=1S/C8H3Br2ClS/c9-5-1-2-6-4(8(5)10)3-7(11)12-6/h1-3H. The van der Waals surface area contributed by atoms with Gasteiger partial charge in [-0.15, -0.1) is 11.3 Å². The van der Waals surface area contributed by atoms with Gasteiger partial charge in [0.15, 0.2) is 0 Å². The second-order valence-electron chi connectivity index (χ2n) is 2.32. The van der Waals surface area contributed by atoms with E-state index in [0.29, 0.717) is 0 Å². The monoisotopic (exact) mass is 324 g/mol. The number of halogens is 3. The highest BCUT2D eigenvalue weighted by Gasteiger charge is 2.05. The van der Waals surface area contributed by atoms with Crippen LogP contribution in [-0.2, 0) is 0 Å². The molecule has 12 heavy (non-hydrogen) atoms. The van der Waals surface area contributed by atoms with Crippen LogP contribution in [0.4, 0.5) is 0 Å². The molecule has 2 rings (SSSR count). The van der Waals surface area contributed by atoms with Gasteiger partial charge in [-0.3, -0.25) is 0 Å². The number of hydrogen-bond acceptors (Lipinski definition) is 1. The van der Waals surface area contributed by atoms with E-state index < -0.39 is 0 Å². The topological polar surface area (TPSA) is 0 Å². The number of benzene rings is 1. The van der Waals surface area contributed by atoms with E-state index >= 15 is 0 Å². The predicted molar refractivity (Wildman–Crippen MR) is 62.2 cm³/mol. The summed E-state index contributed by atoms with van der Waals surface area (Å²) in [6.45, 7) is 0. The third-order valence-corrected chi connectivity index (χ3v) is 4.83. The Morgan fingerprint density at radius 3 is 2.75 bits per heavy atom. The molecular formula is C8H3Br2ClS. The summed E-state index contributed by atoms with van der Waals surface area (Å²) in [5, 5.41) is 1.17. The number of fused-ring (bicyclic) bond motifs is 1. The summed E-state index contributed by atoms with van der Waals surface area (Å²) in [6, 6.07) is 6.04. The van der Waals surface area contributed by atoms with Crippen molar-refractivity contribution < 1.29 is 0 Å². The molecule has 0 bridgehead atoms. The van der Waals surface area contributed by atoms with Crippen molar-refractivity contribution in [3.05, 3.63) is 31.5 Å². The molecule has 0 aliphatic rings. The third kappa shape index (κ3) is 1.43. The molecule has 0 N–H and O–H groups in total. The number of rotatable bonds is 0. The van der Waals surface area contributed by atoms with Crippen LogP contribution in [0.3, 0.4) is 0 Å². The van der Waals surface area contributed by atoms with Crippen LogP contribution in [0.25, 0.3) is 10.1 Å². The average Bonchev–Trinajstić information content (AvgIpc) is 2.39. The normalized spacial score (nSPS) is 10.9. The van der Waals surface area contributed by atoms with Gasteiger partial charge in [-0.25, -0.2) is 0 Å². The quantitative estimate of drug-likeness (QED) is 0.633. The van der Waals surface area contributed by atoms with E-state index in [4.69, 9.17) is 11.6 Å². The van der Waals surface area contributed by atoms with E-state index in [1.165, 1.54) is 10.1 Å². The Morgan fingerprint density at radius 1 is 1.25 bits per heavy atom. The lowest BCUT2D eigenvalue weighted by atomic mass is 10.3. The first-order chi connectivity index (χ1) is 5.68. The molecule has 1 aromatic carbocycles. The summed E-state index contributed by atoms with van der Waals surface area (Å²) in [7, 11) is 0. The van der Waals surface area contributed by atoms with E-state index in [-0.39, 0.29) is 0 Å². The molecule has 0 saturated heterocycles. The lowest BCUT2D eigenvalue weighted by Gasteiger charge is -1.95. The highest BCUT2D eigenvalue weighted by atomic mass is 79.9. The Balaban J connectivity index is 2.89. The van der Waals surface area contributed by atoms with Gasteiger partial charge in [0.05, 0.1) is 4.34 Å². The predicted octanol–water partition coefficient (Wildman–Crippen LogP) is 5.08. The zero-order valence-corrected chi connectivity index (χ0v) is 10.5. The fourth-order valence-electron chi connectivity index (χ4n) is 1.02. The third-order valence-electron chi connectivity index (χ3n) is 1.56. The van der Waals surface area contributed by atoms with Crippen LogP contribution in [0, 0.1) is 0 Å². The van der Waals surface area contributed by atoms with Crippen LogP contribution < -0.4 is 0 Å². The molecule has 0 aliphatic carbocycles. The van der Waals surface area contributed by atoms with Crippen LogP contribution in [0.15, 0.2) is 27.1 Å². The summed E-state index contributed by atoms with van der Waals surface area (Å²) < 4.78 is 4.16. The van der Waals surface area contributed by atoms with Crippen molar-refractivity contribution in [2.24, 2.45) is 0 Å². The maximum Gasteiger partial charge on any atom is 0.0941 e. The summed E-state index contributed by atoms with van der Waals surface area (Å²) >= 11 is 14.4. The lowest BCUT2D eigenvalue weighted by molar-refractivity contribution is 1.70. The lowest BCUT2D eigenvalue weighted by Crippen LogP contribution is -1.68. The van der Waals surface area contributed by atoms with E-state index in [1.54, 1.807) is 11.3 Å². The molecular weight excluding hydrogens is 323 g/mol. The molecule has 0 radical (unpaired) electrons. The van der Waals surface area contributed by atoms with E-state index in [9.17, 15) is 0 Å². The number of thiophene rings is 1. The zero-order valence-electron chi connectivity index (χ0n) is 5.77. The molecule has 0 nitrogen and oxygen atoms in total. The molecule has 2 aromatic rings. The van der Waals surface area contributed by atoms with Crippen LogP contribution in [0.1, 0.15) is 0 Å². The molecule has 0 fully saturated rings. The molecule has 0 amide bonds. The van der Waals surface area contributed by atoms with Crippen LogP contribution in [0.2, 0.25) is 4.34 Å². The molecule has 0 aliphatic heterocycles. The Labute approximate surface area is 95.8 Å². The van der Waals surface area contributed by atoms with Gasteiger partial charge in [-0.05, 0) is 50.1 Å². The largest absolute Gasteiger partial charge is 0.123 e. The fourth-order valence-corrected chi connectivity index (χ4v) is 3.11. The van der Waals surface area contributed by atoms with Crippen molar-refractivity contribution in [1.29, 1.82) is 0 Å². The van der Waals surface area contributed by atoms with Gasteiger partial charge in [-0.2, -0.15) is 0 Å². The fraction of sp³-hybridized carbons (Fsp3) is 0. The van der Waals surface area contributed by atoms with Crippen LogP contribution in [0.5, 0.6) is 0 Å². The minimum absolute atomic E-state index is 0.823. The summed E-state index contributed by atoms with van der Waals surface area (Å²) in [6.07, 6.45) is 0. The molecule has 4 heteroatoms. The van der Waals surface area contributed by atoms with Gasteiger partial charge in [-0.1, -0.05) is 11.6 Å². The Morgan fingerprint density at radius 2 is 2.00 bits per heavy atom. The smallest absolute Gasteiger partial charge is 0.0941 e. The first-order valence-corrected chi connectivity index (χ1v) is 5.99. The molecule has 0 spiro atoms. The first-order valence-electron chi connectivity index (χ1n) is 3.21. The van der Waals surface area contributed by atoms with Gasteiger partial charge in [0.1, 0.15) is 0 Å². The van der Waals surface area contributed by atoms with Gasteiger partial charge < -0.3 is 0 Å². The Hall–Kier alpha value is 0.430. The molecule has 62 valence electrons. The van der Waals surface area contributed by atoms with Crippen molar-refractivity contribution in [2.45, 2.75) is 0 Å². The van der Waals surface area contributed by atoms with Crippen LogP contribution in [-0.4, -0.2) is 0 Å². The summed E-state index contributed by atoms with van der Waals surface area (Å²) in [5.41, 5.74) is 0. The SMILES string of the molecule is Clc1cc2c(Br)c(Br)ccc2s1. The molecule has 0 unspecified atom stereocenters. The number of hydrogen-bond donors (Lipinski definition) is 0. The molecule has 0 saturated carbocycles. The Bertz CT molecular complexity index is 436. The van der Waals surface area contributed by atoms with Gasteiger partial charge in [0, 0.05) is 19.0 Å². The van der Waals surface area contributed by atoms with Gasteiger partial charge in [0.25, 0.3) is 0 Å². The van der Waals surface area contributed by atoms with Gasteiger partial charge >= 0.3 is 0 Å². The average molecular weight is 326 g/mol. The maximum absolute atomic E-state index is 5.89. The van der Waals surface area contributed by atoms with Crippen molar-refractivity contribution >= 4 is 64.9 Å². The molecule has 1 aromatic heterocycles. The van der Waals surface area contributed by atoms with Crippen molar-refractivity contribution in [3.8, 4) is 0 Å². The van der Waals surface area contributed by atoms with Gasteiger partial charge in [0.2, 0.25) is 0 Å². The molecule has 0 atom stereocenters. The van der Waals surface area contributed by atoms with Crippen LogP contribution >= 0.6 is 54.8 Å². The second-order valence-corrected chi connectivity index (χ2v) is 5.69. The summed E-state index contributed by atoms with van der Waals surface area (Å²) in [5.74, 6) is 0. The molecule has 1 heterocycles. The maximum atomic E-state index is 5.89. The van der Waals surface area contributed by atoms with Crippen molar-refractivity contribution in [1.82, 2.24) is 0 Å². The zero-order chi connectivity index (χ0) is 8.72. The minimum atomic E-state index is 0.823. The van der Waals surface area contributed by atoms with Crippen molar-refractivity contribution in [2.75, 3.05) is 0 Å². The highest BCUT2D eigenvalue weighted by molar-refractivity contribution is 9.13. The second kappa shape index (κ2) is 3.29. The van der Waals surface area contributed by atoms with E-state index in [0.717, 1.165) is 13.3 Å². The summed E-state index contributed by atoms with van der Waals surface area (Å²) in [4.78, 5) is 0. The van der Waals surface area contributed by atoms with E-state index in [2.05, 4.69) is 37.9 Å². The minimum Gasteiger partial charge on any atom is -0.123 e. The van der Waals surface area contributed by atoms with E-state index in [1.807, 2.05) is 12.1 Å². The van der Waals surface area contributed by atoms with Crippen molar-refractivity contribution in [3.63, 3.8) is 0 Å².